The molecule has 1 fully saturated rings. The van der Waals surface area contributed by atoms with E-state index in [1.165, 1.54) is 17.0 Å². The first-order valence-electron chi connectivity index (χ1n) is 6.51. The molecule has 0 saturated carbocycles. The molecule has 1 aromatic rings. The van der Waals surface area contributed by atoms with Gasteiger partial charge >= 0.3 is 0 Å². The number of anilines is 1. The Morgan fingerprint density at radius 3 is 3.00 bits per heavy atom. The third kappa shape index (κ3) is 3.70. The molecule has 0 aromatic heterocycles. The molecule has 4 nitrogen and oxygen atoms in total. The maximum absolute atomic E-state index is 13.2. The van der Waals surface area contributed by atoms with Crippen LogP contribution in [0.2, 0.25) is 0 Å². The number of hydrogen-bond donors (Lipinski definition) is 1. The van der Waals surface area contributed by atoms with Crippen LogP contribution in [0.25, 0.3) is 0 Å². The SMILES string of the molecule is O=C(CCCCl)N[C@H]1CC(=O)N(c2cccc(F)c2)C1. The number of rotatable bonds is 5. The summed E-state index contributed by atoms with van der Waals surface area (Å²) >= 11 is 5.53. The summed E-state index contributed by atoms with van der Waals surface area (Å²) < 4.78 is 13.2. The highest BCUT2D eigenvalue weighted by Gasteiger charge is 2.31. The van der Waals surface area contributed by atoms with E-state index in [-0.39, 0.29) is 30.1 Å². The van der Waals surface area contributed by atoms with Crippen LogP contribution in [0.3, 0.4) is 0 Å². The fraction of sp³-hybridized carbons (Fsp3) is 0.429. The summed E-state index contributed by atoms with van der Waals surface area (Å²) in [6.45, 7) is 0.370. The number of benzene rings is 1. The fourth-order valence-corrected chi connectivity index (χ4v) is 2.36. The molecule has 1 saturated heterocycles. The standard InChI is InChI=1S/C14H16ClFN2O2/c15-6-2-5-13(19)17-11-8-14(20)18(9-11)12-4-1-3-10(16)7-12/h1,3-4,7,11H,2,5-6,8-9H2,(H,17,19)/t11-/m0/s1. The first-order valence-corrected chi connectivity index (χ1v) is 7.05. The van der Waals surface area contributed by atoms with Crippen LogP contribution in [0.1, 0.15) is 19.3 Å². The molecule has 0 aliphatic carbocycles. The quantitative estimate of drug-likeness (QED) is 0.846. The van der Waals surface area contributed by atoms with Gasteiger partial charge in [-0.25, -0.2) is 4.39 Å². The molecule has 1 aromatic carbocycles. The highest BCUT2D eigenvalue weighted by molar-refractivity contribution is 6.17. The largest absolute Gasteiger partial charge is 0.351 e. The minimum atomic E-state index is -0.384. The van der Waals surface area contributed by atoms with Crippen LogP contribution in [0, 0.1) is 5.82 Å². The average molecular weight is 299 g/mol. The highest BCUT2D eigenvalue weighted by Crippen LogP contribution is 2.22. The van der Waals surface area contributed by atoms with E-state index >= 15 is 0 Å². The minimum absolute atomic E-state index is 0.107. The number of halogens is 2. The zero-order chi connectivity index (χ0) is 14.5. The van der Waals surface area contributed by atoms with Crippen molar-refractivity contribution in [3.63, 3.8) is 0 Å². The normalized spacial score (nSPS) is 18.4. The van der Waals surface area contributed by atoms with Crippen molar-refractivity contribution in [2.75, 3.05) is 17.3 Å². The van der Waals surface area contributed by atoms with Crippen LogP contribution in [0.5, 0.6) is 0 Å². The van der Waals surface area contributed by atoms with E-state index in [0.29, 0.717) is 31.0 Å². The third-order valence-corrected chi connectivity index (χ3v) is 3.41. The van der Waals surface area contributed by atoms with E-state index in [9.17, 15) is 14.0 Å². The van der Waals surface area contributed by atoms with Gasteiger partial charge in [0.2, 0.25) is 11.8 Å². The Kier molecular flexibility index (Phi) is 4.95. The van der Waals surface area contributed by atoms with Crippen LogP contribution in [-0.2, 0) is 9.59 Å². The van der Waals surface area contributed by atoms with E-state index in [2.05, 4.69) is 5.32 Å². The van der Waals surface area contributed by atoms with E-state index in [1.807, 2.05) is 0 Å². The van der Waals surface area contributed by atoms with Gasteiger partial charge in [-0.15, -0.1) is 11.6 Å². The van der Waals surface area contributed by atoms with E-state index in [1.54, 1.807) is 12.1 Å². The molecule has 0 spiro atoms. The summed E-state index contributed by atoms with van der Waals surface area (Å²) in [5.74, 6) is -0.167. The van der Waals surface area contributed by atoms with Crippen molar-refractivity contribution < 1.29 is 14.0 Å². The lowest BCUT2D eigenvalue weighted by Crippen LogP contribution is -2.37. The van der Waals surface area contributed by atoms with Crippen LogP contribution < -0.4 is 10.2 Å². The number of carbonyl (C=O) groups excluding carboxylic acids is 2. The second-order valence-electron chi connectivity index (χ2n) is 4.75. The van der Waals surface area contributed by atoms with Crippen LogP contribution >= 0.6 is 11.6 Å². The summed E-state index contributed by atoms with van der Waals surface area (Å²) in [5, 5.41) is 2.80. The summed E-state index contributed by atoms with van der Waals surface area (Å²) in [6, 6.07) is 5.65. The van der Waals surface area contributed by atoms with Gasteiger partial charge in [-0.1, -0.05) is 6.07 Å². The Hall–Kier alpha value is -1.62. The Morgan fingerprint density at radius 2 is 2.30 bits per heavy atom. The van der Waals surface area contributed by atoms with E-state index in [4.69, 9.17) is 11.6 Å². The lowest BCUT2D eigenvalue weighted by atomic mass is 10.2. The number of nitrogens with one attached hydrogen (secondary N) is 1. The van der Waals surface area contributed by atoms with Crippen molar-refractivity contribution in [2.45, 2.75) is 25.3 Å². The Bertz CT molecular complexity index is 510. The zero-order valence-electron chi connectivity index (χ0n) is 10.9. The molecule has 1 aliphatic heterocycles. The van der Waals surface area contributed by atoms with Crippen LogP contribution in [0.4, 0.5) is 10.1 Å². The molecule has 6 heteroatoms. The molecule has 20 heavy (non-hydrogen) atoms. The van der Waals surface area contributed by atoms with Gasteiger partial charge in [-0.2, -0.15) is 0 Å². The third-order valence-electron chi connectivity index (χ3n) is 3.15. The maximum atomic E-state index is 13.2. The number of nitrogens with zero attached hydrogens (tertiary/aromatic N) is 1. The molecule has 0 unspecified atom stereocenters. The minimum Gasteiger partial charge on any atom is -0.351 e. The van der Waals surface area contributed by atoms with Gasteiger partial charge in [0.15, 0.2) is 0 Å². The van der Waals surface area contributed by atoms with Gasteiger partial charge in [0.1, 0.15) is 5.82 Å². The highest BCUT2D eigenvalue weighted by atomic mass is 35.5. The number of hydrogen-bond acceptors (Lipinski definition) is 2. The second-order valence-corrected chi connectivity index (χ2v) is 5.12. The van der Waals surface area contributed by atoms with Crippen molar-refractivity contribution in [3.8, 4) is 0 Å². The summed E-state index contributed by atoms with van der Waals surface area (Å²) in [5.41, 5.74) is 0.521. The van der Waals surface area contributed by atoms with Crippen molar-refractivity contribution in [3.05, 3.63) is 30.1 Å². The number of alkyl halides is 1. The average Bonchev–Trinajstić information content (AvgIpc) is 2.77. The van der Waals surface area contributed by atoms with Crippen LogP contribution in [-0.4, -0.2) is 30.3 Å². The predicted octanol–water partition coefficient (Wildman–Crippen LogP) is 2.07. The van der Waals surface area contributed by atoms with Crippen molar-refractivity contribution in [1.82, 2.24) is 5.32 Å². The van der Waals surface area contributed by atoms with Gasteiger partial charge in [-0.3, -0.25) is 9.59 Å². The molecule has 1 aliphatic rings. The molecule has 0 radical (unpaired) electrons. The summed E-state index contributed by atoms with van der Waals surface area (Å²) in [4.78, 5) is 25.0. The van der Waals surface area contributed by atoms with Crippen LogP contribution in [0.15, 0.2) is 24.3 Å². The Balaban J connectivity index is 1.95. The monoisotopic (exact) mass is 298 g/mol. The molecule has 2 amide bonds. The van der Waals surface area contributed by atoms with Crippen molar-refractivity contribution in [2.24, 2.45) is 0 Å². The Morgan fingerprint density at radius 1 is 1.50 bits per heavy atom. The van der Waals surface area contributed by atoms with Crippen molar-refractivity contribution >= 4 is 29.1 Å². The number of carbonyl (C=O) groups is 2. The molecule has 1 N–H and O–H groups in total. The zero-order valence-corrected chi connectivity index (χ0v) is 11.7. The first kappa shape index (κ1) is 14.8. The summed E-state index contributed by atoms with van der Waals surface area (Å²) in [6.07, 6.45) is 1.21. The van der Waals surface area contributed by atoms with Crippen molar-refractivity contribution in [1.29, 1.82) is 0 Å². The molecule has 0 bridgehead atoms. The van der Waals surface area contributed by atoms with Gasteiger partial charge in [-0.05, 0) is 24.6 Å². The van der Waals surface area contributed by atoms with Gasteiger partial charge in [0.05, 0.1) is 6.04 Å². The lowest BCUT2D eigenvalue weighted by Gasteiger charge is -2.17. The molecular weight excluding hydrogens is 283 g/mol. The van der Waals surface area contributed by atoms with Gasteiger partial charge in [0, 0.05) is 31.0 Å². The molecule has 108 valence electrons. The van der Waals surface area contributed by atoms with Gasteiger partial charge in [0.25, 0.3) is 0 Å². The van der Waals surface area contributed by atoms with E-state index in [0.717, 1.165) is 0 Å². The number of amides is 2. The molecular formula is C14H16ClFN2O2. The topological polar surface area (TPSA) is 49.4 Å². The maximum Gasteiger partial charge on any atom is 0.229 e. The summed E-state index contributed by atoms with van der Waals surface area (Å²) in [7, 11) is 0. The first-order chi connectivity index (χ1) is 9.60. The smallest absolute Gasteiger partial charge is 0.229 e. The second kappa shape index (κ2) is 6.70. The van der Waals surface area contributed by atoms with E-state index < -0.39 is 0 Å². The predicted molar refractivity (Wildman–Crippen MR) is 75.3 cm³/mol. The van der Waals surface area contributed by atoms with Gasteiger partial charge < -0.3 is 10.2 Å². The molecule has 1 heterocycles. The molecule has 2 rings (SSSR count). The lowest BCUT2D eigenvalue weighted by molar-refractivity contribution is -0.121. The molecule has 1 atom stereocenters. The Labute approximate surface area is 121 Å². The fourth-order valence-electron chi connectivity index (χ4n) is 2.23.